The predicted octanol–water partition coefficient (Wildman–Crippen LogP) is 1.89. The van der Waals surface area contributed by atoms with Crippen LogP contribution < -0.4 is 5.73 Å². The van der Waals surface area contributed by atoms with E-state index in [2.05, 4.69) is 46.0 Å². The third-order valence-electron chi connectivity index (χ3n) is 4.21. The van der Waals surface area contributed by atoms with Gasteiger partial charge in [-0.3, -0.25) is 0 Å². The minimum Gasteiger partial charge on any atom is -0.330 e. The first kappa shape index (κ1) is 13.3. The van der Waals surface area contributed by atoms with Crippen LogP contribution in [-0.2, 0) is 25.8 Å². The Hall–Kier alpha value is -1.68. The van der Waals surface area contributed by atoms with Gasteiger partial charge in [-0.1, -0.05) is 29.8 Å². The third-order valence-corrected chi connectivity index (χ3v) is 4.21. The molecule has 0 fully saturated rings. The van der Waals surface area contributed by atoms with Gasteiger partial charge in [0.2, 0.25) is 0 Å². The molecule has 0 aliphatic carbocycles. The molecule has 4 nitrogen and oxygen atoms in total. The summed E-state index contributed by atoms with van der Waals surface area (Å²) in [7, 11) is 0. The van der Waals surface area contributed by atoms with E-state index in [1.165, 1.54) is 11.1 Å². The average molecular weight is 270 g/mol. The normalized spacial score (nSPS) is 18.0. The Bertz CT molecular complexity index is 571. The summed E-state index contributed by atoms with van der Waals surface area (Å²) >= 11 is 0. The molecule has 0 saturated carbocycles. The van der Waals surface area contributed by atoms with Gasteiger partial charge in [0.05, 0.1) is 0 Å². The second-order valence-electron chi connectivity index (χ2n) is 5.77. The Kier molecular flexibility index (Phi) is 3.83. The van der Waals surface area contributed by atoms with Crippen LogP contribution in [0.3, 0.4) is 0 Å². The molecule has 1 unspecified atom stereocenters. The quantitative estimate of drug-likeness (QED) is 0.923. The summed E-state index contributed by atoms with van der Waals surface area (Å²) in [6.45, 7) is 3.86. The highest BCUT2D eigenvalue weighted by atomic mass is 15.3. The molecule has 0 saturated heterocycles. The molecule has 20 heavy (non-hydrogen) atoms. The minimum absolute atomic E-state index is 0.580. The van der Waals surface area contributed by atoms with Crippen LogP contribution >= 0.6 is 0 Å². The van der Waals surface area contributed by atoms with Crippen LogP contribution in [0.25, 0.3) is 0 Å². The number of benzene rings is 1. The van der Waals surface area contributed by atoms with Gasteiger partial charge in [-0.2, -0.15) is 0 Å². The molecule has 1 aliphatic rings. The molecule has 1 aliphatic heterocycles. The van der Waals surface area contributed by atoms with Gasteiger partial charge in [0, 0.05) is 19.4 Å². The highest BCUT2D eigenvalue weighted by molar-refractivity contribution is 5.21. The zero-order valence-electron chi connectivity index (χ0n) is 12.0. The summed E-state index contributed by atoms with van der Waals surface area (Å²) in [6.07, 6.45) is 4.13. The number of aryl methyl sites for hydroxylation is 4. The van der Waals surface area contributed by atoms with Crippen LogP contribution in [0.5, 0.6) is 0 Å². The highest BCUT2D eigenvalue weighted by Crippen LogP contribution is 2.20. The number of aromatic nitrogens is 3. The van der Waals surface area contributed by atoms with Crippen molar-refractivity contribution in [3.8, 4) is 0 Å². The molecule has 1 aromatic carbocycles. The molecule has 0 spiro atoms. The van der Waals surface area contributed by atoms with Crippen molar-refractivity contribution in [2.24, 2.45) is 11.7 Å². The maximum Gasteiger partial charge on any atom is 0.133 e. The fourth-order valence-corrected chi connectivity index (χ4v) is 2.84. The van der Waals surface area contributed by atoms with E-state index in [9.17, 15) is 0 Å². The summed E-state index contributed by atoms with van der Waals surface area (Å²) in [5.41, 5.74) is 8.47. The third kappa shape index (κ3) is 2.75. The number of hydrogen-bond donors (Lipinski definition) is 1. The van der Waals surface area contributed by atoms with Gasteiger partial charge in [-0.05, 0) is 37.8 Å². The molecule has 4 heteroatoms. The summed E-state index contributed by atoms with van der Waals surface area (Å²) in [5.74, 6) is 2.82. The van der Waals surface area contributed by atoms with Crippen molar-refractivity contribution in [3.63, 3.8) is 0 Å². The van der Waals surface area contributed by atoms with E-state index in [1.54, 1.807) is 0 Å². The van der Waals surface area contributed by atoms with Gasteiger partial charge < -0.3 is 10.3 Å². The number of hydrogen-bond acceptors (Lipinski definition) is 3. The molecule has 2 heterocycles. The zero-order chi connectivity index (χ0) is 13.9. The lowest BCUT2D eigenvalue weighted by Crippen LogP contribution is -2.27. The minimum atomic E-state index is 0.580. The summed E-state index contributed by atoms with van der Waals surface area (Å²) < 4.78 is 2.29. The van der Waals surface area contributed by atoms with Gasteiger partial charge in [0.15, 0.2) is 0 Å². The fraction of sp³-hybridized carbons (Fsp3) is 0.500. The maximum atomic E-state index is 5.80. The summed E-state index contributed by atoms with van der Waals surface area (Å²) in [5, 5.41) is 8.70. The monoisotopic (exact) mass is 270 g/mol. The zero-order valence-corrected chi connectivity index (χ0v) is 12.0. The molecule has 3 rings (SSSR count). The Labute approximate surface area is 120 Å². The van der Waals surface area contributed by atoms with Crippen LogP contribution in [0, 0.1) is 12.8 Å². The lowest BCUT2D eigenvalue weighted by atomic mass is 9.99. The number of nitrogens with zero attached hydrogens (tertiary/aromatic N) is 3. The van der Waals surface area contributed by atoms with Crippen LogP contribution in [0.4, 0.5) is 0 Å². The van der Waals surface area contributed by atoms with E-state index in [0.717, 1.165) is 50.4 Å². The van der Waals surface area contributed by atoms with E-state index in [4.69, 9.17) is 5.73 Å². The Morgan fingerprint density at radius 2 is 2.00 bits per heavy atom. The standard InChI is InChI=1S/C16H22N4/c1-12-2-4-13(5-3-12)6-8-15-18-19-16-9-7-14(10-17)11-20(15)16/h2-5,14H,6-11,17H2,1H3. The van der Waals surface area contributed by atoms with Crippen molar-refractivity contribution in [2.45, 2.75) is 39.2 Å². The molecular formula is C16H22N4. The smallest absolute Gasteiger partial charge is 0.133 e. The summed E-state index contributed by atoms with van der Waals surface area (Å²) in [4.78, 5) is 0. The van der Waals surface area contributed by atoms with Crippen molar-refractivity contribution in [2.75, 3.05) is 6.54 Å². The molecule has 2 aromatic rings. The van der Waals surface area contributed by atoms with Crippen molar-refractivity contribution in [3.05, 3.63) is 47.0 Å². The van der Waals surface area contributed by atoms with Crippen molar-refractivity contribution < 1.29 is 0 Å². The highest BCUT2D eigenvalue weighted by Gasteiger charge is 2.21. The molecule has 0 radical (unpaired) electrons. The van der Waals surface area contributed by atoms with E-state index in [0.29, 0.717) is 5.92 Å². The molecule has 106 valence electrons. The van der Waals surface area contributed by atoms with Gasteiger partial charge in [0.1, 0.15) is 11.6 Å². The van der Waals surface area contributed by atoms with Crippen LogP contribution in [0.1, 0.15) is 29.2 Å². The number of fused-ring (bicyclic) bond motifs is 1. The van der Waals surface area contributed by atoms with Gasteiger partial charge in [-0.15, -0.1) is 10.2 Å². The fourth-order valence-electron chi connectivity index (χ4n) is 2.84. The second-order valence-corrected chi connectivity index (χ2v) is 5.77. The number of nitrogens with two attached hydrogens (primary N) is 1. The van der Waals surface area contributed by atoms with Crippen LogP contribution in [-0.4, -0.2) is 21.3 Å². The first-order valence-corrected chi connectivity index (χ1v) is 7.43. The van der Waals surface area contributed by atoms with E-state index < -0.39 is 0 Å². The maximum absolute atomic E-state index is 5.80. The molecule has 1 atom stereocenters. The molecule has 1 aromatic heterocycles. The van der Waals surface area contributed by atoms with Gasteiger partial charge >= 0.3 is 0 Å². The first-order chi connectivity index (χ1) is 9.76. The Morgan fingerprint density at radius 3 is 2.75 bits per heavy atom. The van der Waals surface area contributed by atoms with E-state index in [-0.39, 0.29) is 0 Å². The average Bonchev–Trinajstić information content (AvgIpc) is 2.89. The lowest BCUT2D eigenvalue weighted by molar-refractivity contribution is 0.367. The lowest BCUT2D eigenvalue weighted by Gasteiger charge is -2.22. The first-order valence-electron chi connectivity index (χ1n) is 7.43. The Balaban J connectivity index is 1.69. The van der Waals surface area contributed by atoms with E-state index in [1.807, 2.05) is 0 Å². The number of rotatable bonds is 4. The second kappa shape index (κ2) is 5.75. The van der Waals surface area contributed by atoms with E-state index >= 15 is 0 Å². The Morgan fingerprint density at radius 1 is 1.20 bits per heavy atom. The topological polar surface area (TPSA) is 56.7 Å². The summed E-state index contributed by atoms with van der Waals surface area (Å²) in [6, 6.07) is 8.73. The van der Waals surface area contributed by atoms with Crippen molar-refractivity contribution >= 4 is 0 Å². The molecule has 2 N–H and O–H groups in total. The van der Waals surface area contributed by atoms with Crippen molar-refractivity contribution in [1.82, 2.24) is 14.8 Å². The molecular weight excluding hydrogens is 248 g/mol. The predicted molar refractivity (Wildman–Crippen MR) is 79.5 cm³/mol. The van der Waals surface area contributed by atoms with Gasteiger partial charge in [0.25, 0.3) is 0 Å². The molecule has 0 bridgehead atoms. The van der Waals surface area contributed by atoms with Gasteiger partial charge in [-0.25, -0.2) is 0 Å². The van der Waals surface area contributed by atoms with Crippen LogP contribution in [0.15, 0.2) is 24.3 Å². The SMILES string of the molecule is Cc1ccc(CCc2nnc3n2CC(CN)CC3)cc1. The molecule has 0 amide bonds. The van der Waals surface area contributed by atoms with Crippen LogP contribution in [0.2, 0.25) is 0 Å². The largest absolute Gasteiger partial charge is 0.330 e. The van der Waals surface area contributed by atoms with Crippen molar-refractivity contribution in [1.29, 1.82) is 0 Å².